The smallest absolute Gasteiger partial charge is 0.246 e. The number of benzene rings is 2. The Morgan fingerprint density at radius 1 is 0.950 bits per heavy atom. The Hall–Kier alpha value is -5.80. The SMILES string of the molecule is CC(C)(C)c1ccc(C[C@@]23CCCN(C2)C(=O)/C=C/C(=O)NCC[C@@H](C(=O)NCCOCCN)NC(=O)Cc2ccccc2CNC(=O)[C@H](Cc2ccco2)NC3=O)cc1. The van der Waals surface area contributed by atoms with Gasteiger partial charge in [0.05, 0.1) is 31.3 Å². The third kappa shape index (κ3) is 13.1. The topological polar surface area (TPSA) is 214 Å². The zero-order valence-corrected chi connectivity index (χ0v) is 34.9. The predicted octanol–water partition coefficient (Wildman–Crippen LogP) is 1.97. The van der Waals surface area contributed by atoms with Gasteiger partial charge in [-0.1, -0.05) is 69.3 Å². The summed E-state index contributed by atoms with van der Waals surface area (Å²) in [4.78, 5) is 83.7. The highest BCUT2D eigenvalue weighted by Gasteiger charge is 2.44. The lowest BCUT2D eigenvalue weighted by Crippen LogP contribution is -2.58. The summed E-state index contributed by atoms with van der Waals surface area (Å²) >= 11 is 0. The van der Waals surface area contributed by atoms with Crippen molar-refractivity contribution < 1.29 is 37.9 Å². The van der Waals surface area contributed by atoms with Crippen molar-refractivity contribution in [1.82, 2.24) is 31.5 Å². The number of nitrogens with zero attached hydrogens (tertiary/aromatic N) is 1. The molecule has 322 valence electrons. The van der Waals surface area contributed by atoms with Gasteiger partial charge in [0.1, 0.15) is 17.8 Å². The van der Waals surface area contributed by atoms with E-state index in [-0.39, 0.29) is 63.4 Å². The minimum Gasteiger partial charge on any atom is -0.469 e. The summed E-state index contributed by atoms with van der Waals surface area (Å²) in [5, 5.41) is 14.2. The van der Waals surface area contributed by atoms with E-state index in [1.54, 1.807) is 41.3 Å². The number of piperidine rings is 1. The van der Waals surface area contributed by atoms with Crippen LogP contribution >= 0.6 is 0 Å². The van der Waals surface area contributed by atoms with Gasteiger partial charge < -0.3 is 46.4 Å². The molecule has 15 heteroatoms. The monoisotopic (exact) mass is 825 g/mol. The number of fused-ring (bicyclic) bond motifs is 3. The van der Waals surface area contributed by atoms with E-state index in [2.05, 4.69) is 59.5 Å². The molecular formula is C45H59N7O8. The molecule has 2 bridgehead atoms. The molecule has 15 nitrogen and oxygen atoms in total. The lowest BCUT2D eigenvalue weighted by molar-refractivity contribution is -0.141. The molecule has 0 saturated carbocycles. The van der Waals surface area contributed by atoms with Crippen LogP contribution in [-0.2, 0) is 64.7 Å². The summed E-state index contributed by atoms with van der Waals surface area (Å²) in [5.41, 5.74) is 7.62. The molecule has 60 heavy (non-hydrogen) atoms. The molecule has 1 fully saturated rings. The van der Waals surface area contributed by atoms with E-state index in [1.165, 1.54) is 12.3 Å². The Balaban J connectivity index is 1.45. The van der Waals surface area contributed by atoms with Crippen LogP contribution in [0.2, 0.25) is 0 Å². The Labute approximate surface area is 351 Å². The Morgan fingerprint density at radius 3 is 2.43 bits per heavy atom. The fourth-order valence-electron chi connectivity index (χ4n) is 7.49. The first kappa shape index (κ1) is 45.3. The van der Waals surface area contributed by atoms with Crippen molar-refractivity contribution in [2.24, 2.45) is 11.1 Å². The second-order valence-electron chi connectivity index (χ2n) is 16.5. The summed E-state index contributed by atoms with van der Waals surface area (Å²) in [6, 6.07) is 16.6. The number of rotatable bonds is 10. The zero-order chi connectivity index (χ0) is 43.1. The molecule has 0 spiro atoms. The minimum absolute atomic E-state index is 0.0161. The van der Waals surface area contributed by atoms with Crippen LogP contribution in [0.25, 0.3) is 0 Å². The van der Waals surface area contributed by atoms with Crippen LogP contribution in [0.15, 0.2) is 83.5 Å². The van der Waals surface area contributed by atoms with Crippen LogP contribution in [0.4, 0.5) is 0 Å². The maximum absolute atomic E-state index is 14.8. The summed E-state index contributed by atoms with van der Waals surface area (Å²) in [6.07, 6.45) is 5.08. The van der Waals surface area contributed by atoms with Crippen molar-refractivity contribution in [3.05, 3.63) is 107 Å². The maximum Gasteiger partial charge on any atom is 0.246 e. The molecule has 0 unspecified atom stereocenters. The molecule has 7 N–H and O–H groups in total. The molecule has 0 aliphatic carbocycles. The highest BCUT2D eigenvalue weighted by molar-refractivity contribution is 5.97. The molecular weight excluding hydrogens is 767 g/mol. The van der Waals surface area contributed by atoms with Crippen molar-refractivity contribution in [3.63, 3.8) is 0 Å². The Kier molecular flexibility index (Phi) is 16.2. The first-order chi connectivity index (χ1) is 28.8. The number of nitrogens with two attached hydrogens (primary N) is 1. The van der Waals surface area contributed by atoms with E-state index < -0.39 is 47.0 Å². The normalized spacial score (nSPS) is 21.9. The van der Waals surface area contributed by atoms with Crippen LogP contribution in [0.3, 0.4) is 0 Å². The number of carbonyl (C=O) groups is 6. The molecule has 2 aliphatic heterocycles. The zero-order valence-electron chi connectivity index (χ0n) is 34.9. The number of nitrogens with one attached hydrogen (secondary N) is 5. The van der Waals surface area contributed by atoms with Gasteiger partial charge in [-0.25, -0.2) is 0 Å². The lowest BCUT2D eigenvalue weighted by atomic mass is 9.73. The summed E-state index contributed by atoms with van der Waals surface area (Å²) in [7, 11) is 0. The van der Waals surface area contributed by atoms with Crippen molar-refractivity contribution in [2.75, 3.05) is 45.9 Å². The number of hydrogen-bond acceptors (Lipinski definition) is 9. The van der Waals surface area contributed by atoms with Crippen molar-refractivity contribution in [3.8, 4) is 0 Å². The quantitative estimate of drug-likeness (QED) is 0.165. The van der Waals surface area contributed by atoms with Gasteiger partial charge in [-0.2, -0.15) is 0 Å². The van der Waals surface area contributed by atoms with E-state index in [4.69, 9.17) is 14.9 Å². The molecule has 5 rings (SSSR count). The van der Waals surface area contributed by atoms with Crippen molar-refractivity contribution in [2.45, 2.75) is 83.3 Å². The fraction of sp³-hybridized carbons (Fsp3) is 0.467. The highest BCUT2D eigenvalue weighted by Crippen LogP contribution is 2.35. The number of hydrogen-bond donors (Lipinski definition) is 6. The van der Waals surface area contributed by atoms with E-state index in [9.17, 15) is 28.8 Å². The van der Waals surface area contributed by atoms with Gasteiger partial charge in [-0.15, -0.1) is 0 Å². The van der Waals surface area contributed by atoms with Crippen LogP contribution in [-0.4, -0.2) is 98.4 Å². The molecule has 0 radical (unpaired) electrons. The summed E-state index contributed by atoms with van der Waals surface area (Å²) in [6.45, 7) is 7.96. The highest BCUT2D eigenvalue weighted by atomic mass is 16.5. The number of furan rings is 1. The second kappa shape index (κ2) is 21.5. The van der Waals surface area contributed by atoms with E-state index in [1.807, 2.05) is 12.1 Å². The third-order valence-electron chi connectivity index (χ3n) is 10.8. The largest absolute Gasteiger partial charge is 0.469 e. The van der Waals surface area contributed by atoms with Crippen LogP contribution in [0.1, 0.15) is 68.0 Å². The van der Waals surface area contributed by atoms with Crippen LogP contribution in [0.5, 0.6) is 0 Å². The summed E-state index contributed by atoms with van der Waals surface area (Å²) in [5.74, 6) is -2.27. The fourth-order valence-corrected chi connectivity index (χ4v) is 7.49. The van der Waals surface area contributed by atoms with Crippen molar-refractivity contribution >= 4 is 35.4 Å². The van der Waals surface area contributed by atoms with Crippen LogP contribution in [0, 0.1) is 5.41 Å². The first-order valence-corrected chi connectivity index (χ1v) is 20.6. The van der Waals surface area contributed by atoms with Gasteiger partial charge in [0.2, 0.25) is 35.4 Å². The lowest BCUT2D eigenvalue weighted by Gasteiger charge is -2.42. The molecule has 1 saturated heterocycles. The second-order valence-corrected chi connectivity index (χ2v) is 16.5. The third-order valence-corrected chi connectivity index (χ3v) is 10.8. The van der Waals surface area contributed by atoms with Gasteiger partial charge in [0.25, 0.3) is 0 Å². The molecule has 1 aromatic heterocycles. The first-order valence-electron chi connectivity index (χ1n) is 20.6. The summed E-state index contributed by atoms with van der Waals surface area (Å²) < 4.78 is 11.0. The average molecular weight is 826 g/mol. The number of amides is 6. The van der Waals surface area contributed by atoms with Gasteiger partial charge in [0, 0.05) is 57.8 Å². The Morgan fingerprint density at radius 2 is 1.72 bits per heavy atom. The van der Waals surface area contributed by atoms with Gasteiger partial charge in [0.15, 0.2) is 0 Å². The van der Waals surface area contributed by atoms with Gasteiger partial charge >= 0.3 is 0 Å². The number of ether oxygens (including phenoxy) is 1. The Bertz CT molecular complexity index is 1970. The molecule has 6 amide bonds. The van der Waals surface area contributed by atoms with Crippen molar-refractivity contribution in [1.29, 1.82) is 0 Å². The molecule has 3 heterocycles. The van der Waals surface area contributed by atoms with E-state index in [0.29, 0.717) is 55.8 Å². The standard InChI is InChI=1S/C45H59N7O8/c1-44(2,3)34-13-11-31(12-14-34)28-45-18-7-22-52(30-45)40(55)16-15-38(53)47-20-17-36(41(56)48-21-25-59-24-19-46)50-39(54)26-32-8-4-5-9-33(32)29-49-42(57)37(51-43(45)58)27-35-10-6-23-60-35/h4-6,8-16,23,36-37H,7,17-22,24-30,46H2,1-3H3,(H,47,53)(H,48,56)(H,49,57)(H,50,54)(H,51,58)/b16-15+/t36-,37-,45-/m0/s1. The molecule has 2 aliphatic rings. The van der Waals surface area contributed by atoms with E-state index in [0.717, 1.165) is 17.2 Å². The maximum atomic E-state index is 14.8. The van der Waals surface area contributed by atoms with Crippen LogP contribution < -0.4 is 32.3 Å². The predicted molar refractivity (Wildman–Crippen MR) is 225 cm³/mol. The number of carbonyl (C=O) groups excluding carboxylic acids is 6. The molecule has 3 aromatic rings. The van der Waals surface area contributed by atoms with Gasteiger partial charge in [-0.05, 0) is 65.5 Å². The van der Waals surface area contributed by atoms with Gasteiger partial charge in [-0.3, -0.25) is 28.8 Å². The average Bonchev–Trinajstić information content (AvgIpc) is 3.74. The van der Waals surface area contributed by atoms with E-state index >= 15 is 0 Å². The molecule has 2 aromatic carbocycles. The minimum atomic E-state index is -1.11. The molecule has 3 atom stereocenters.